The molecule has 0 unspecified atom stereocenters. The van der Waals surface area contributed by atoms with Crippen molar-refractivity contribution in [2.24, 2.45) is 0 Å². The Balaban J connectivity index is 3.95. The molecule has 0 aromatic heterocycles. The fourth-order valence-corrected chi connectivity index (χ4v) is 9.58. The second-order valence-electron chi connectivity index (χ2n) is 5.87. The first-order valence-corrected chi connectivity index (χ1v) is 16.8. The maximum atomic E-state index is 3.57. The maximum absolute atomic E-state index is 3.57. The molecule has 0 aromatic carbocycles. The van der Waals surface area contributed by atoms with Gasteiger partial charge in [0.2, 0.25) is 0 Å². The molecule has 0 saturated carbocycles. The third-order valence-corrected chi connectivity index (χ3v) is 11.6. The van der Waals surface area contributed by atoms with Crippen LogP contribution >= 0.6 is 15.9 Å². The lowest BCUT2D eigenvalue weighted by molar-refractivity contribution is 0.851. The zero-order valence-electron chi connectivity index (χ0n) is 12.4. The van der Waals surface area contributed by atoms with Gasteiger partial charge in [-0.15, -0.1) is 0 Å². The summed E-state index contributed by atoms with van der Waals surface area (Å²) < 4.78 is 0. The van der Waals surface area contributed by atoms with E-state index in [-0.39, 0.29) is 0 Å². The van der Waals surface area contributed by atoms with Crippen LogP contribution < -0.4 is 0 Å². The van der Waals surface area contributed by atoms with Crippen LogP contribution in [-0.4, -0.2) is 32.4 Å². The number of halogens is 1. The second kappa shape index (κ2) is 12.2. The van der Waals surface area contributed by atoms with Gasteiger partial charge in [0, 0.05) is 24.4 Å². The van der Waals surface area contributed by atoms with E-state index in [1.54, 1.807) is 43.1 Å². The average Bonchev–Trinajstić information content (AvgIpc) is 2.30. The minimum atomic E-state index is -0.838. The zero-order chi connectivity index (χ0) is 13.0. The van der Waals surface area contributed by atoms with Crippen molar-refractivity contribution >= 4 is 43.0 Å². The summed E-state index contributed by atoms with van der Waals surface area (Å²) in [5.74, 6) is 0. The van der Waals surface area contributed by atoms with Gasteiger partial charge >= 0.3 is 0 Å². The molecule has 17 heavy (non-hydrogen) atoms. The Morgan fingerprint density at radius 3 is 1.71 bits per heavy atom. The first-order chi connectivity index (χ1) is 8.18. The first kappa shape index (κ1) is 18.1. The van der Waals surface area contributed by atoms with E-state index in [2.05, 4.69) is 35.6 Å². The van der Waals surface area contributed by atoms with Gasteiger partial charge in [-0.05, 0) is 6.42 Å². The van der Waals surface area contributed by atoms with Gasteiger partial charge in [0.1, 0.15) is 0 Å². The van der Waals surface area contributed by atoms with Gasteiger partial charge in [-0.2, -0.15) is 0 Å². The molecule has 0 aliphatic rings. The fourth-order valence-electron chi connectivity index (χ4n) is 2.62. The molecule has 4 heteroatoms. The number of hydrogen-bond donors (Lipinski definition) is 0. The standard InChI is InChI=1S/C13H33BrSi3/c1-15-9-6-12-17(3,11-5-4-8-14)13-7-10-16-2/h4-13,15-16H2,1-3H3. The molecule has 0 amide bonds. The molecule has 0 aliphatic heterocycles. The molecule has 0 saturated heterocycles. The van der Waals surface area contributed by atoms with Crippen molar-refractivity contribution in [1.29, 1.82) is 0 Å². The Labute approximate surface area is 124 Å². The molecule has 0 nitrogen and oxygen atoms in total. The summed E-state index contributed by atoms with van der Waals surface area (Å²) in [5, 5.41) is 1.21. The second-order valence-corrected chi connectivity index (χ2v) is 15.2. The van der Waals surface area contributed by atoms with Crippen LogP contribution in [0.3, 0.4) is 0 Å². The Kier molecular flexibility index (Phi) is 13.0. The molecular formula is C13H33BrSi3. The van der Waals surface area contributed by atoms with Gasteiger partial charge in [0.25, 0.3) is 0 Å². The van der Waals surface area contributed by atoms with Crippen molar-refractivity contribution in [3.8, 4) is 0 Å². The van der Waals surface area contributed by atoms with E-state index in [1.165, 1.54) is 18.2 Å². The monoisotopic (exact) mass is 352 g/mol. The lowest BCUT2D eigenvalue weighted by Crippen LogP contribution is -2.29. The highest BCUT2D eigenvalue weighted by molar-refractivity contribution is 9.09. The summed E-state index contributed by atoms with van der Waals surface area (Å²) >= 11 is 3.57. The van der Waals surface area contributed by atoms with Gasteiger partial charge in [-0.25, -0.2) is 0 Å². The summed E-state index contributed by atoms with van der Waals surface area (Å²) in [5.41, 5.74) is 0. The molecule has 0 radical (unpaired) electrons. The molecule has 0 rings (SSSR count). The Hall–Kier alpha value is 1.13. The molecular weight excluding hydrogens is 320 g/mol. The summed E-state index contributed by atoms with van der Waals surface area (Å²) in [6.07, 6.45) is 6.03. The molecule has 0 N–H and O–H groups in total. The van der Waals surface area contributed by atoms with Gasteiger partial charge in [-0.3, -0.25) is 0 Å². The van der Waals surface area contributed by atoms with E-state index < -0.39 is 8.07 Å². The predicted octanol–water partition coefficient (Wildman–Crippen LogP) is 4.29. The third kappa shape index (κ3) is 10.7. The fraction of sp³-hybridized carbons (Fsp3) is 1.00. The highest BCUT2D eigenvalue weighted by Crippen LogP contribution is 2.28. The van der Waals surface area contributed by atoms with Crippen LogP contribution in [0, 0.1) is 0 Å². The van der Waals surface area contributed by atoms with Crippen molar-refractivity contribution in [3.05, 3.63) is 0 Å². The smallest absolute Gasteiger partial charge is 0.0504 e. The highest BCUT2D eigenvalue weighted by Gasteiger charge is 2.24. The van der Waals surface area contributed by atoms with Gasteiger partial charge in [0.05, 0.1) is 8.07 Å². The number of hydrogen-bond acceptors (Lipinski definition) is 0. The zero-order valence-corrected chi connectivity index (χ0v) is 17.8. The Morgan fingerprint density at radius 1 is 0.824 bits per heavy atom. The summed E-state index contributed by atoms with van der Waals surface area (Å²) in [7, 11) is -0.198. The lowest BCUT2D eigenvalue weighted by atomic mass is 10.4. The maximum Gasteiger partial charge on any atom is 0.0504 e. The normalized spacial score (nSPS) is 16.2. The van der Waals surface area contributed by atoms with Crippen LogP contribution in [0.4, 0.5) is 0 Å². The van der Waals surface area contributed by atoms with E-state index in [9.17, 15) is 0 Å². The largest absolute Gasteiger partial charge is 0.0928 e. The van der Waals surface area contributed by atoms with Gasteiger partial charge in [-0.1, -0.05) is 85.1 Å². The van der Waals surface area contributed by atoms with Crippen molar-refractivity contribution in [1.82, 2.24) is 0 Å². The molecule has 0 fully saturated rings. The highest BCUT2D eigenvalue weighted by atomic mass is 79.9. The third-order valence-electron chi connectivity index (χ3n) is 3.93. The quantitative estimate of drug-likeness (QED) is 0.279. The number of rotatable bonds is 12. The SMILES string of the molecule is C[SiH2]CCC[Si](C)(CCCCBr)CCC[SiH2]C. The van der Waals surface area contributed by atoms with Crippen LogP contribution in [0.2, 0.25) is 49.9 Å². The average molecular weight is 354 g/mol. The van der Waals surface area contributed by atoms with Crippen molar-refractivity contribution in [2.75, 3.05) is 5.33 Å². The van der Waals surface area contributed by atoms with E-state index in [0.29, 0.717) is 19.0 Å². The van der Waals surface area contributed by atoms with Crippen LogP contribution in [0.5, 0.6) is 0 Å². The van der Waals surface area contributed by atoms with E-state index in [0.717, 1.165) is 0 Å². The summed E-state index contributed by atoms with van der Waals surface area (Å²) in [6, 6.07) is 8.09. The Morgan fingerprint density at radius 2 is 1.29 bits per heavy atom. The van der Waals surface area contributed by atoms with E-state index >= 15 is 0 Å². The van der Waals surface area contributed by atoms with Gasteiger partial charge in [0.15, 0.2) is 0 Å². The van der Waals surface area contributed by atoms with Crippen LogP contribution in [0.15, 0.2) is 0 Å². The summed E-state index contributed by atoms with van der Waals surface area (Å²) in [4.78, 5) is 0. The topological polar surface area (TPSA) is 0 Å². The van der Waals surface area contributed by atoms with Crippen LogP contribution in [0.25, 0.3) is 0 Å². The minimum Gasteiger partial charge on any atom is -0.0928 e. The predicted molar refractivity (Wildman–Crippen MR) is 96.7 cm³/mol. The molecule has 0 atom stereocenters. The minimum absolute atomic E-state index is 0.320. The van der Waals surface area contributed by atoms with E-state index in [1.807, 2.05) is 0 Å². The first-order valence-electron chi connectivity index (χ1n) is 7.74. The lowest BCUT2D eigenvalue weighted by Gasteiger charge is -2.27. The molecule has 0 heterocycles. The number of unbranched alkanes of at least 4 members (excludes halogenated alkanes) is 1. The van der Waals surface area contributed by atoms with Crippen molar-refractivity contribution in [3.63, 3.8) is 0 Å². The molecule has 104 valence electrons. The van der Waals surface area contributed by atoms with Crippen molar-refractivity contribution < 1.29 is 0 Å². The molecule has 0 aliphatic carbocycles. The van der Waals surface area contributed by atoms with Crippen LogP contribution in [-0.2, 0) is 0 Å². The van der Waals surface area contributed by atoms with Crippen LogP contribution in [0.1, 0.15) is 25.7 Å². The molecule has 0 aromatic rings. The van der Waals surface area contributed by atoms with Crippen molar-refractivity contribution in [2.45, 2.75) is 75.5 Å². The Bertz CT molecular complexity index is 138. The number of alkyl halides is 1. The molecule has 0 bridgehead atoms. The van der Waals surface area contributed by atoms with E-state index in [4.69, 9.17) is 0 Å². The molecule has 0 spiro atoms. The summed E-state index contributed by atoms with van der Waals surface area (Å²) in [6.45, 7) is 7.63. The van der Waals surface area contributed by atoms with Gasteiger partial charge < -0.3 is 0 Å².